The van der Waals surface area contributed by atoms with E-state index >= 15 is 0 Å². The van der Waals surface area contributed by atoms with E-state index in [1.807, 2.05) is 0 Å². The Morgan fingerprint density at radius 2 is 0.840 bits per heavy atom. The van der Waals surface area contributed by atoms with Gasteiger partial charge in [-0.2, -0.15) is 0 Å². The molecule has 0 aliphatic rings. The molecule has 1 N–H and O–H groups in total. The molecule has 0 heterocycles. The van der Waals surface area contributed by atoms with Crippen LogP contribution in [0.2, 0.25) is 0 Å². The lowest BCUT2D eigenvalue weighted by molar-refractivity contribution is -0.137. The highest BCUT2D eigenvalue weighted by molar-refractivity contribution is 5.78. The van der Waals surface area contributed by atoms with Crippen molar-refractivity contribution in [1.82, 2.24) is 0 Å². The summed E-state index contributed by atoms with van der Waals surface area (Å²) in [6.07, 6.45) is 21.0. The zero-order valence-electron chi connectivity index (χ0n) is 16.7. The molecule has 0 rings (SSSR count). The predicted octanol–water partition coefficient (Wildman–Crippen LogP) is 7.07. The van der Waals surface area contributed by atoms with E-state index in [0.717, 1.165) is 51.4 Å². The second-order valence-electron chi connectivity index (χ2n) is 7.49. The normalized spacial score (nSPS) is 10.9. The van der Waals surface area contributed by atoms with Crippen LogP contribution in [0.4, 0.5) is 0 Å². The van der Waals surface area contributed by atoms with E-state index in [2.05, 4.69) is 6.92 Å². The minimum Gasteiger partial charge on any atom is -0.481 e. The van der Waals surface area contributed by atoms with Crippen LogP contribution in [0, 0.1) is 0 Å². The largest absolute Gasteiger partial charge is 0.481 e. The van der Waals surface area contributed by atoms with Gasteiger partial charge in [-0.3, -0.25) is 9.59 Å². The Morgan fingerprint density at radius 3 is 1.20 bits per heavy atom. The van der Waals surface area contributed by atoms with E-state index in [0.29, 0.717) is 12.2 Å². The molecule has 0 aliphatic carbocycles. The maximum atomic E-state index is 11.8. The van der Waals surface area contributed by atoms with Gasteiger partial charge in [0, 0.05) is 19.3 Å². The maximum absolute atomic E-state index is 11.8. The van der Waals surface area contributed by atoms with E-state index in [9.17, 15) is 9.59 Å². The number of ketones is 1. The molecular weight excluding hydrogens is 312 g/mol. The average molecular weight is 355 g/mol. The predicted molar refractivity (Wildman–Crippen MR) is 106 cm³/mol. The van der Waals surface area contributed by atoms with Crippen molar-refractivity contribution in [3.8, 4) is 0 Å². The summed E-state index contributed by atoms with van der Waals surface area (Å²) in [5.41, 5.74) is 0. The van der Waals surface area contributed by atoms with Crippen LogP contribution >= 0.6 is 0 Å². The summed E-state index contributed by atoms with van der Waals surface area (Å²) < 4.78 is 0. The number of carboxylic acids is 1. The molecule has 148 valence electrons. The highest BCUT2D eigenvalue weighted by Crippen LogP contribution is 2.13. The van der Waals surface area contributed by atoms with Gasteiger partial charge < -0.3 is 5.11 Å². The molecule has 0 saturated carbocycles. The van der Waals surface area contributed by atoms with Crippen LogP contribution in [0.15, 0.2) is 0 Å². The lowest BCUT2D eigenvalue weighted by Crippen LogP contribution is -1.97. The Kier molecular flexibility index (Phi) is 18.8. The quantitative estimate of drug-likeness (QED) is 0.238. The monoisotopic (exact) mass is 354 g/mol. The summed E-state index contributed by atoms with van der Waals surface area (Å²) in [7, 11) is 0. The van der Waals surface area contributed by atoms with Gasteiger partial charge in [0.25, 0.3) is 0 Å². The zero-order valence-corrected chi connectivity index (χ0v) is 16.7. The molecule has 0 spiro atoms. The first-order valence-corrected chi connectivity index (χ1v) is 10.9. The van der Waals surface area contributed by atoms with Crippen LogP contribution in [0.5, 0.6) is 0 Å². The number of aliphatic carboxylic acids is 1. The fourth-order valence-electron chi connectivity index (χ4n) is 3.24. The lowest BCUT2D eigenvalue weighted by atomic mass is 10.0. The summed E-state index contributed by atoms with van der Waals surface area (Å²) in [5, 5.41) is 8.55. The van der Waals surface area contributed by atoms with E-state index in [4.69, 9.17) is 5.11 Å². The summed E-state index contributed by atoms with van der Waals surface area (Å²) in [5.74, 6) is -0.226. The Balaban J connectivity index is 3.16. The van der Waals surface area contributed by atoms with E-state index in [1.165, 1.54) is 64.2 Å². The maximum Gasteiger partial charge on any atom is 0.303 e. The van der Waals surface area contributed by atoms with Crippen molar-refractivity contribution in [2.45, 2.75) is 129 Å². The molecule has 0 atom stereocenters. The number of carbonyl (C=O) groups excluding carboxylic acids is 1. The lowest BCUT2D eigenvalue weighted by Gasteiger charge is -2.03. The number of hydrogen-bond donors (Lipinski definition) is 1. The first-order valence-electron chi connectivity index (χ1n) is 10.9. The minimum absolute atomic E-state index is 0.307. The van der Waals surface area contributed by atoms with E-state index in [1.54, 1.807) is 0 Å². The third-order valence-corrected chi connectivity index (χ3v) is 4.91. The number of carboxylic acid groups (broad SMARTS) is 1. The van der Waals surface area contributed by atoms with Crippen molar-refractivity contribution in [1.29, 1.82) is 0 Å². The smallest absolute Gasteiger partial charge is 0.303 e. The van der Waals surface area contributed by atoms with Crippen LogP contribution in [0.3, 0.4) is 0 Å². The van der Waals surface area contributed by atoms with Crippen molar-refractivity contribution in [2.24, 2.45) is 0 Å². The van der Waals surface area contributed by atoms with Crippen LogP contribution in [-0.2, 0) is 9.59 Å². The third-order valence-electron chi connectivity index (χ3n) is 4.91. The Hall–Kier alpha value is -0.860. The molecular formula is C22H42O3. The summed E-state index contributed by atoms with van der Waals surface area (Å²) in [4.78, 5) is 22.2. The molecule has 3 nitrogen and oxygen atoms in total. The van der Waals surface area contributed by atoms with Crippen LogP contribution in [0.1, 0.15) is 129 Å². The molecule has 0 unspecified atom stereocenters. The molecule has 0 radical (unpaired) electrons. The Bertz CT molecular complexity index is 312. The average Bonchev–Trinajstić information content (AvgIpc) is 2.58. The standard InChI is InChI=1S/C22H42O3/c1-2-3-4-5-6-9-12-15-18-21(23)19-16-13-10-7-8-11-14-17-20-22(24)25/h2-20H2,1H3,(H,24,25). The minimum atomic E-state index is -0.684. The second-order valence-corrected chi connectivity index (χ2v) is 7.49. The number of carbonyl (C=O) groups is 2. The first kappa shape index (κ1) is 24.1. The van der Waals surface area contributed by atoms with Crippen molar-refractivity contribution in [2.75, 3.05) is 0 Å². The highest BCUT2D eigenvalue weighted by atomic mass is 16.4. The van der Waals surface area contributed by atoms with Crippen molar-refractivity contribution in [3.63, 3.8) is 0 Å². The number of rotatable bonds is 20. The molecule has 0 fully saturated rings. The number of hydrogen-bond acceptors (Lipinski definition) is 2. The van der Waals surface area contributed by atoms with Gasteiger partial charge in [-0.1, -0.05) is 90.4 Å². The Labute approximate surface area is 156 Å². The number of unbranched alkanes of at least 4 members (excludes halogenated alkanes) is 14. The van der Waals surface area contributed by atoms with Crippen LogP contribution < -0.4 is 0 Å². The summed E-state index contributed by atoms with van der Waals surface area (Å²) in [6.45, 7) is 2.25. The Morgan fingerprint density at radius 1 is 0.520 bits per heavy atom. The fourth-order valence-corrected chi connectivity index (χ4v) is 3.24. The molecule has 0 saturated heterocycles. The molecule has 0 aromatic carbocycles. The zero-order chi connectivity index (χ0) is 18.6. The molecule has 3 heteroatoms. The van der Waals surface area contributed by atoms with Crippen molar-refractivity contribution >= 4 is 11.8 Å². The SMILES string of the molecule is CCCCCCCCCCC(=O)CCCCCCCCCCC(=O)O. The van der Waals surface area contributed by atoms with E-state index in [-0.39, 0.29) is 0 Å². The first-order chi connectivity index (χ1) is 12.2. The van der Waals surface area contributed by atoms with E-state index < -0.39 is 5.97 Å². The summed E-state index contributed by atoms with van der Waals surface area (Å²) >= 11 is 0. The fraction of sp³-hybridized carbons (Fsp3) is 0.909. The molecule has 0 aromatic rings. The molecule has 25 heavy (non-hydrogen) atoms. The van der Waals surface area contributed by atoms with Gasteiger partial charge in [0.1, 0.15) is 5.78 Å². The van der Waals surface area contributed by atoms with Gasteiger partial charge in [0.2, 0.25) is 0 Å². The van der Waals surface area contributed by atoms with Gasteiger partial charge in [-0.25, -0.2) is 0 Å². The van der Waals surface area contributed by atoms with Crippen LogP contribution in [-0.4, -0.2) is 16.9 Å². The highest BCUT2D eigenvalue weighted by Gasteiger charge is 2.02. The van der Waals surface area contributed by atoms with Gasteiger partial charge in [0.15, 0.2) is 0 Å². The second kappa shape index (κ2) is 19.5. The number of Topliss-reactive ketones (excluding diaryl/α,β-unsaturated/α-hetero) is 1. The summed E-state index contributed by atoms with van der Waals surface area (Å²) in [6, 6.07) is 0. The molecule has 0 amide bonds. The van der Waals surface area contributed by atoms with Gasteiger partial charge in [0.05, 0.1) is 0 Å². The van der Waals surface area contributed by atoms with Crippen molar-refractivity contribution < 1.29 is 14.7 Å². The van der Waals surface area contributed by atoms with Crippen LogP contribution in [0.25, 0.3) is 0 Å². The third kappa shape index (κ3) is 21.1. The molecule has 0 aromatic heterocycles. The van der Waals surface area contributed by atoms with Gasteiger partial charge >= 0.3 is 5.97 Å². The molecule has 0 aliphatic heterocycles. The topological polar surface area (TPSA) is 54.4 Å². The van der Waals surface area contributed by atoms with Crippen molar-refractivity contribution in [3.05, 3.63) is 0 Å². The van der Waals surface area contributed by atoms with Gasteiger partial charge in [-0.05, 0) is 19.3 Å². The van der Waals surface area contributed by atoms with Gasteiger partial charge in [-0.15, -0.1) is 0 Å². The molecule has 0 bridgehead atoms.